The van der Waals surface area contributed by atoms with E-state index in [0.29, 0.717) is 0 Å². The van der Waals surface area contributed by atoms with Crippen molar-refractivity contribution in [2.45, 2.75) is 20.4 Å². The summed E-state index contributed by atoms with van der Waals surface area (Å²) < 4.78 is 0. The standard InChI is InChI=1S/C20H22N4OS2/c1-14-18(27-15(2)21-14)20(25)24-10-8-23(9-11-24)12-17-13-26-19(22-17)16-6-4-3-5-7-16/h3-7,13H,8-12H2,1-2H3. The van der Waals surface area contributed by atoms with Crippen LogP contribution in [0.3, 0.4) is 0 Å². The predicted octanol–water partition coefficient (Wildman–Crippen LogP) is 3.84. The minimum absolute atomic E-state index is 0.123. The van der Waals surface area contributed by atoms with Crippen LogP contribution in [0.15, 0.2) is 35.7 Å². The lowest BCUT2D eigenvalue weighted by atomic mass is 10.2. The van der Waals surface area contributed by atoms with E-state index in [9.17, 15) is 4.79 Å². The summed E-state index contributed by atoms with van der Waals surface area (Å²) in [6.45, 7) is 7.96. The summed E-state index contributed by atoms with van der Waals surface area (Å²) >= 11 is 3.19. The van der Waals surface area contributed by atoms with Gasteiger partial charge in [0, 0.05) is 43.7 Å². The van der Waals surface area contributed by atoms with Crippen molar-refractivity contribution >= 4 is 28.6 Å². The van der Waals surface area contributed by atoms with Crippen molar-refractivity contribution in [1.29, 1.82) is 0 Å². The Morgan fingerprint density at radius 1 is 1.07 bits per heavy atom. The number of nitrogens with zero attached hydrogens (tertiary/aromatic N) is 4. The first-order chi connectivity index (χ1) is 13.1. The summed E-state index contributed by atoms with van der Waals surface area (Å²) in [4.78, 5) is 27.0. The summed E-state index contributed by atoms with van der Waals surface area (Å²) in [7, 11) is 0. The van der Waals surface area contributed by atoms with E-state index in [1.807, 2.05) is 36.9 Å². The van der Waals surface area contributed by atoms with Crippen molar-refractivity contribution in [3.63, 3.8) is 0 Å². The molecule has 0 bridgehead atoms. The lowest BCUT2D eigenvalue weighted by Crippen LogP contribution is -2.48. The van der Waals surface area contributed by atoms with Gasteiger partial charge in [-0.2, -0.15) is 0 Å². The van der Waals surface area contributed by atoms with E-state index in [1.54, 1.807) is 11.3 Å². The van der Waals surface area contributed by atoms with Gasteiger partial charge >= 0.3 is 0 Å². The molecule has 1 aliphatic heterocycles. The number of hydrogen-bond acceptors (Lipinski definition) is 6. The highest BCUT2D eigenvalue weighted by molar-refractivity contribution is 7.13. The molecule has 140 valence electrons. The fourth-order valence-electron chi connectivity index (χ4n) is 3.30. The molecule has 5 nitrogen and oxygen atoms in total. The summed E-state index contributed by atoms with van der Waals surface area (Å²) in [6, 6.07) is 10.3. The number of benzene rings is 1. The number of aryl methyl sites for hydroxylation is 2. The molecule has 0 atom stereocenters. The number of carbonyl (C=O) groups excluding carboxylic acids is 1. The maximum atomic E-state index is 12.7. The Morgan fingerprint density at radius 2 is 1.81 bits per heavy atom. The molecule has 7 heteroatoms. The van der Waals surface area contributed by atoms with E-state index in [0.717, 1.165) is 59.0 Å². The van der Waals surface area contributed by atoms with Gasteiger partial charge in [0.1, 0.15) is 9.88 Å². The molecule has 3 heterocycles. The summed E-state index contributed by atoms with van der Waals surface area (Å²) in [5.41, 5.74) is 3.12. The van der Waals surface area contributed by atoms with Gasteiger partial charge in [-0.15, -0.1) is 22.7 Å². The molecule has 2 aromatic heterocycles. The number of aromatic nitrogens is 2. The molecule has 3 aromatic rings. The Balaban J connectivity index is 1.34. The van der Waals surface area contributed by atoms with Gasteiger partial charge in [-0.05, 0) is 13.8 Å². The van der Waals surface area contributed by atoms with Crippen LogP contribution in [0, 0.1) is 13.8 Å². The third-order valence-corrected chi connectivity index (χ3v) is 6.72. The second-order valence-electron chi connectivity index (χ2n) is 6.73. The van der Waals surface area contributed by atoms with Gasteiger partial charge < -0.3 is 4.90 Å². The van der Waals surface area contributed by atoms with Crippen LogP contribution < -0.4 is 0 Å². The molecule has 0 unspecified atom stereocenters. The topological polar surface area (TPSA) is 49.3 Å². The van der Waals surface area contributed by atoms with Gasteiger partial charge in [-0.1, -0.05) is 30.3 Å². The Bertz CT molecular complexity index is 927. The molecule has 0 aliphatic carbocycles. The van der Waals surface area contributed by atoms with Crippen LogP contribution in [0.5, 0.6) is 0 Å². The number of piperazine rings is 1. The fraction of sp³-hybridized carbons (Fsp3) is 0.350. The van der Waals surface area contributed by atoms with E-state index in [4.69, 9.17) is 4.98 Å². The zero-order valence-corrected chi connectivity index (χ0v) is 17.1. The van der Waals surface area contributed by atoms with Crippen molar-refractivity contribution in [1.82, 2.24) is 19.8 Å². The Kier molecular flexibility index (Phi) is 5.33. The normalized spacial score (nSPS) is 15.3. The van der Waals surface area contributed by atoms with Crippen LogP contribution in [0.1, 0.15) is 26.1 Å². The number of rotatable bonds is 4. The predicted molar refractivity (Wildman–Crippen MR) is 110 cm³/mol. The maximum Gasteiger partial charge on any atom is 0.265 e. The average molecular weight is 399 g/mol. The second-order valence-corrected chi connectivity index (χ2v) is 8.79. The van der Waals surface area contributed by atoms with Gasteiger partial charge in [-0.3, -0.25) is 9.69 Å². The van der Waals surface area contributed by atoms with Crippen molar-refractivity contribution in [3.8, 4) is 10.6 Å². The van der Waals surface area contributed by atoms with Crippen LogP contribution in [0.25, 0.3) is 10.6 Å². The van der Waals surface area contributed by atoms with Gasteiger partial charge in [0.2, 0.25) is 0 Å². The quantitative estimate of drug-likeness (QED) is 0.670. The van der Waals surface area contributed by atoms with Crippen molar-refractivity contribution in [3.05, 3.63) is 57.0 Å². The van der Waals surface area contributed by atoms with Gasteiger partial charge in [0.25, 0.3) is 5.91 Å². The molecule has 1 amide bonds. The van der Waals surface area contributed by atoms with Gasteiger partial charge in [-0.25, -0.2) is 9.97 Å². The molecule has 0 spiro atoms. The number of thiazole rings is 2. The summed E-state index contributed by atoms with van der Waals surface area (Å²) in [6.07, 6.45) is 0. The monoisotopic (exact) mass is 398 g/mol. The lowest BCUT2D eigenvalue weighted by Gasteiger charge is -2.34. The van der Waals surface area contributed by atoms with E-state index in [1.165, 1.54) is 16.9 Å². The van der Waals surface area contributed by atoms with Crippen LogP contribution in [-0.4, -0.2) is 51.9 Å². The van der Waals surface area contributed by atoms with Crippen molar-refractivity contribution < 1.29 is 4.79 Å². The maximum absolute atomic E-state index is 12.7. The van der Waals surface area contributed by atoms with Crippen LogP contribution in [0.4, 0.5) is 0 Å². The highest BCUT2D eigenvalue weighted by atomic mass is 32.1. The SMILES string of the molecule is Cc1nc(C)c(C(=O)N2CCN(Cc3csc(-c4ccccc4)n3)CC2)s1. The van der Waals surface area contributed by atoms with Gasteiger partial charge in [0.15, 0.2) is 0 Å². The molecule has 1 saturated heterocycles. The summed E-state index contributed by atoms with van der Waals surface area (Å²) in [5, 5.41) is 4.16. The van der Waals surface area contributed by atoms with Crippen LogP contribution in [0.2, 0.25) is 0 Å². The molecule has 1 fully saturated rings. The number of carbonyl (C=O) groups is 1. The number of amides is 1. The Morgan fingerprint density at radius 3 is 2.48 bits per heavy atom. The highest BCUT2D eigenvalue weighted by Crippen LogP contribution is 2.24. The first-order valence-corrected chi connectivity index (χ1v) is 10.8. The van der Waals surface area contributed by atoms with Gasteiger partial charge in [0.05, 0.1) is 16.4 Å². The molecule has 27 heavy (non-hydrogen) atoms. The van der Waals surface area contributed by atoms with E-state index < -0.39 is 0 Å². The fourth-order valence-corrected chi connectivity index (χ4v) is 5.01. The molecule has 1 aromatic carbocycles. The summed E-state index contributed by atoms with van der Waals surface area (Å²) in [5.74, 6) is 0.123. The molecule has 0 radical (unpaired) electrons. The van der Waals surface area contributed by atoms with Crippen LogP contribution >= 0.6 is 22.7 Å². The molecule has 4 rings (SSSR count). The van der Waals surface area contributed by atoms with E-state index in [-0.39, 0.29) is 5.91 Å². The zero-order chi connectivity index (χ0) is 18.8. The van der Waals surface area contributed by atoms with Crippen molar-refractivity contribution in [2.75, 3.05) is 26.2 Å². The van der Waals surface area contributed by atoms with Crippen LogP contribution in [-0.2, 0) is 6.54 Å². The minimum Gasteiger partial charge on any atom is -0.335 e. The van der Waals surface area contributed by atoms with E-state index >= 15 is 0 Å². The number of hydrogen-bond donors (Lipinski definition) is 0. The molecular formula is C20H22N4OS2. The Labute approximate surface area is 167 Å². The third-order valence-electron chi connectivity index (χ3n) is 4.72. The zero-order valence-electron chi connectivity index (χ0n) is 15.5. The molecule has 1 aliphatic rings. The first-order valence-electron chi connectivity index (χ1n) is 9.05. The molecular weight excluding hydrogens is 376 g/mol. The largest absolute Gasteiger partial charge is 0.335 e. The highest BCUT2D eigenvalue weighted by Gasteiger charge is 2.25. The smallest absolute Gasteiger partial charge is 0.265 e. The Hall–Kier alpha value is -2.09. The second kappa shape index (κ2) is 7.88. The average Bonchev–Trinajstić information content (AvgIpc) is 3.28. The first kappa shape index (κ1) is 18.3. The lowest BCUT2D eigenvalue weighted by molar-refractivity contribution is 0.0631. The molecule has 0 saturated carbocycles. The minimum atomic E-state index is 0.123. The van der Waals surface area contributed by atoms with E-state index in [2.05, 4.69) is 27.4 Å². The van der Waals surface area contributed by atoms with Crippen molar-refractivity contribution in [2.24, 2.45) is 0 Å². The molecule has 0 N–H and O–H groups in total. The third kappa shape index (κ3) is 4.10.